The quantitative estimate of drug-likeness (QED) is 0.156. The molecule has 360 valence electrons. The molecule has 2 N–H and O–H groups in total. The predicted molar refractivity (Wildman–Crippen MR) is 244 cm³/mol. The minimum absolute atomic E-state index is 0.00308. The Morgan fingerprint density at radius 3 is 2.25 bits per heavy atom. The van der Waals surface area contributed by atoms with Gasteiger partial charge in [0.05, 0.1) is 24.4 Å². The van der Waals surface area contributed by atoms with Crippen LogP contribution in [0.2, 0.25) is 0 Å². The summed E-state index contributed by atoms with van der Waals surface area (Å²) in [5, 5.41) is 22.4. The van der Waals surface area contributed by atoms with Crippen LogP contribution in [-0.4, -0.2) is 121 Å². The van der Waals surface area contributed by atoms with E-state index in [2.05, 4.69) is 13.0 Å². The van der Waals surface area contributed by atoms with Crippen LogP contribution < -0.4 is 0 Å². The van der Waals surface area contributed by atoms with Crippen molar-refractivity contribution < 1.29 is 57.9 Å². The fraction of sp³-hybridized carbons (Fsp3) is 0.745. The number of amides is 1. The van der Waals surface area contributed by atoms with Crippen LogP contribution in [0.15, 0.2) is 47.6 Å². The van der Waals surface area contributed by atoms with E-state index in [4.69, 9.17) is 23.7 Å². The Bertz CT molecular complexity index is 1720. The molecule has 0 radical (unpaired) electrons. The summed E-state index contributed by atoms with van der Waals surface area (Å²) >= 11 is 0. The van der Waals surface area contributed by atoms with Gasteiger partial charge in [-0.15, -0.1) is 0 Å². The first-order valence-electron chi connectivity index (χ1n) is 23.8. The third kappa shape index (κ3) is 14.3. The highest BCUT2D eigenvalue weighted by atomic mass is 16.6. The molecule has 0 aromatic carbocycles. The van der Waals surface area contributed by atoms with Crippen LogP contribution >= 0.6 is 0 Å². The van der Waals surface area contributed by atoms with E-state index in [1.165, 1.54) is 12.0 Å². The predicted octanol–water partition coefficient (Wildman–Crippen LogP) is 7.21. The van der Waals surface area contributed by atoms with E-state index >= 15 is 0 Å². The molecule has 1 amide bonds. The minimum atomic E-state index is -2.41. The number of carbonyl (C=O) groups is 5. The van der Waals surface area contributed by atoms with Gasteiger partial charge in [0.2, 0.25) is 5.79 Å². The molecule has 1 saturated carbocycles. The lowest BCUT2D eigenvalue weighted by molar-refractivity contribution is -0.265. The molecule has 3 fully saturated rings. The Labute approximate surface area is 382 Å². The SMILES string of the molecule is CO[C@H]1C[C@@H]2CC[C@@H](C)[C@@](O)(O2)C(=O)C(=O)N2CCCC[C@H]2C(=O)O[C@H]([C@H](C)C[C@@H]2CC[C@@H](O)[C@H](OC)C2)CC(=O)[C@H](C)/C=C(\C)C[C@@H](OC)C(=O)[C@H](C)C[C@H](C)\C=C/C=C/C=C/1C. The van der Waals surface area contributed by atoms with Gasteiger partial charge in [-0.1, -0.05) is 76.6 Å². The molecule has 64 heavy (non-hydrogen) atoms. The summed E-state index contributed by atoms with van der Waals surface area (Å²) in [6, 6.07) is -1.10. The zero-order valence-corrected chi connectivity index (χ0v) is 40.3. The van der Waals surface area contributed by atoms with Crippen LogP contribution in [-0.2, 0) is 47.7 Å². The highest BCUT2D eigenvalue weighted by Crippen LogP contribution is 2.38. The van der Waals surface area contributed by atoms with E-state index < -0.39 is 71.8 Å². The van der Waals surface area contributed by atoms with Gasteiger partial charge in [-0.05, 0) is 101 Å². The molecule has 13 heteroatoms. The normalized spacial score (nSPS) is 39.7. The number of esters is 1. The smallest absolute Gasteiger partial charge is 0.329 e. The van der Waals surface area contributed by atoms with Gasteiger partial charge >= 0.3 is 5.97 Å². The number of ketones is 3. The summed E-state index contributed by atoms with van der Waals surface area (Å²) in [4.78, 5) is 71.7. The number of aliphatic hydroxyl groups excluding tert-OH is 1. The van der Waals surface area contributed by atoms with Crippen LogP contribution in [0.4, 0.5) is 0 Å². The zero-order chi connectivity index (χ0) is 47.3. The topological polar surface area (TPSA) is 175 Å². The molecule has 14 atom stereocenters. The number of nitrogens with zero attached hydrogens (tertiary/aromatic N) is 1. The number of hydrogen-bond donors (Lipinski definition) is 2. The Kier molecular flexibility index (Phi) is 20.8. The summed E-state index contributed by atoms with van der Waals surface area (Å²) < 4.78 is 29.6. The van der Waals surface area contributed by atoms with Crippen molar-refractivity contribution in [2.24, 2.45) is 35.5 Å². The number of rotatable bonds is 6. The van der Waals surface area contributed by atoms with Crippen molar-refractivity contribution in [2.75, 3.05) is 27.9 Å². The van der Waals surface area contributed by atoms with Gasteiger partial charge in [0.25, 0.3) is 11.7 Å². The van der Waals surface area contributed by atoms with E-state index in [9.17, 15) is 34.2 Å². The summed E-state index contributed by atoms with van der Waals surface area (Å²) in [5.41, 5.74) is 1.73. The minimum Gasteiger partial charge on any atom is -0.460 e. The van der Waals surface area contributed by atoms with Crippen molar-refractivity contribution in [2.45, 2.75) is 180 Å². The summed E-state index contributed by atoms with van der Waals surface area (Å²) in [6.07, 6.45) is 14.3. The highest BCUT2D eigenvalue weighted by molar-refractivity contribution is 6.39. The Morgan fingerprint density at radius 2 is 1.56 bits per heavy atom. The van der Waals surface area contributed by atoms with Gasteiger partial charge in [0, 0.05) is 64.9 Å². The molecule has 4 rings (SSSR count). The van der Waals surface area contributed by atoms with Gasteiger partial charge in [-0.2, -0.15) is 0 Å². The van der Waals surface area contributed by atoms with Crippen molar-refractivity contribution in [1.29, 1.82) is 0 Å². The summed E-state index contributed by atoms with van der Waals surface area (Å²) in [6.45, 7) is 13.3. The van der Waals surface area contributed by atoms with E-state index in [1.54, 1.807) is 28.1 Å². The molecule has 3 aliphatic heterocycles. The zero-order valence-electron chi connectivity index (χ0n) is 40.3. The van der Waals surface area contributed by atoms with Crippen LogP contribution in [0, 0.1) is 35.5 Å². The Morgan fingerprint density at radius 1 is 0.844 bits per heavy atom. The molecule has 0 aromatic rings. The number of cyclic esters (lactones) is 1. The van der Waals surface area contributed by atoms with Crippen LogP contribution in [0.3, 0.4) is 0 Å². The van der Waals surface area contributed by atoms with Gasteiger partial charge in [0.1, 0.15) is 24.0 Å². The first-order chi connectivity index (χ1) is 30.3. The van der Waals surface area contributed by atoms with Gasteiger partial charge in [0.15, 0.2) is 5.78 Å². The van der Waals surface area contributed by atoms with E-state index in [-0.39, 0.29) is 60.7 Å². The molecule has 3 heterocycles. The number of Topliss-reactive ketones (excluding diaryl/α,β-unsaturated/α-hetero) is 3. The molecule has 2 saturated heterocycles. The Hall–Kier alpha value is -3.33. The fourth-order valence-corrected chi connectivity index (χ4v) is 10.1. The third-order valence-electron chi connectivity index (χ3n) is 14.3. The van der Waals surface area contributed by atoms with Crippen molar-refractivity contribution >= 4 is 29.2 Å². The van der Waals surface area contributed by atoms with Crippen LogP contribution in [0.1, 0.15) is 132 Å². The maximum Gasteiger partial charge on any atom is 0.329 e. The first-order valence-corrected chi connectivity index (χ1v) is 23.8. The lowest BCUT2D eigenvalue weighted by Gasteiger charge is -2.42. The standard InChI is InChI=1S/C51H79NO12/c1-31-16-12-11-13-17-33(3)43(60-8)29-39-21-19-37(7)51(59,64-39)48(56)49(57)52-23-15-14-18-40(52)50(58)63-44(35(5)27-38-20-22-41(53)45(28-38)61-9)30-42(54)34(4)25-32(2)26-46(62-10)47(55)36(6)24-31/h11-13,16-17,25,31,34-41,43-46,53,59H,14-15,18-24,26-30H2,1-10H3/b13-11+,16-12-,32-25+,33-17+/t31-,34-,35-,36-,37-,38+,39+,40+,41-,43+,44+,45-,46-,51-/m1/s1. The molecular formula is C51H79NO12. The number of aliphatic hydroxyl groups is 2. The lowest BCUT2D eigenvalue weighted by atomic mass is 9.78. The molecule has 13 nitrogen and oxygen atoms in total. The average molecular weight is 898 g/mol. The first kappa shape index (κ1) is 53.3. The summed E-state index contributed by atoms with van der Waals surface area (Å²) in [5.74, 6) is -6.93. The van der Waals surface area contributed by atoms with Crippen molar-refractivity contribution in [3.63, 3.8) is 0 Å². The number of methoxy groups -OCH3 is 3. The molecule has 0 aromatic heterocycles. The summed E-state index contributed by atoms with van der Waals surface area (Å²) in [7, 11) is 4.70. The number of hydrogen-bond acceptors (Lipinski definition) is 12. The van der Waals surface area contributed by atoms with E-state index in [0.29, 0.717) is 64.2 Å². The van der Waals surface area contributed by atoms with Crippen LogP contribution in [0.5, 0.6) is 0 Å². The van der Waals surface area contributed by atoms with E-state index in [0.717, 1.165) is 17.6 Å². The highest BCUT2D eigenvalue weighted by Gasteiger charge is 2.53. The molecular weight excluding hydrogens is 819 g/mol. The number of fused-ring (bicyclic) bond motifs is 3. The second-order valence-electron chi connectivity index (χ2n) is 19.5. The van der Waals surface area contributed by atoms with Crippen molar-refractivity contribution in [3.8, 4) is 0 Å². The molecule has 1 aliphatic carbocycles. The second kappa shape index (κ2) is 25.0. The fourth-order valence-electron chi connectivity index (χ4n) is 10.1. The van der Waals surface area contributed by atoms with Gasteiger partial charge in [-0.3, -0.25) is 19.2 Å². The molecule has 0 spiro atoms. The molecule has 0 unspecified atom stereocenters. The van der Waals surface area contributed by atoms with Crippen LogP contribution in [0.25, 0.3) is 0 Å². The maximum absolute atomic E-state index is 14.4. The molecule has 2 bridgehead atoms. The third-order valence-corrected chi connectivity index (χ3v) is 14.3. The number of allylic oxidation sites excluding steroid dienone is 6. The van der Waals surface area contributed by atoms with Crippen molar-refractivity contribution in [3.05, 3.63) is 47.6 Å². The Balaban J connectivity index is 1.68. The largest absolute Gasteiger partial charge is 0.460 e. The maximum atomic E-state index is 14.4. The lowest BCUT2D eigenvalue weighted by Crippen LogP contribution is -2.61. The van der Waals surface area contributed by atoms with Crippen molar-refractivity contribution in [1.82, 2.24) is 4.90 Å². The number of carbonyl (C=O) groups excluding carboxylic acids is 5. The van der Waals surface area contributed by atoms with Gasteiger partial charge < -0.3 is 38.8 Å². The number of ether oxygens (including phenoxy) is 5. The monoisotopic (exact) mass is 898 g/mol. The van der Waals surface area contributed by atoms with Gasteiger partial charge in [-0.25, -0.2) is 4.79 Å². The second-order valence-corrected chi connectivity index (χ2v) is 19.5. The van der Waals surface area contributed by atoms with E-state index in [1.807, 2.05) is 58.1 Å². The molecule has 4 aliphatic rings. The number of piperidine rings is 1. The average Bonchev–Trinajstić information content (AvgIpc) is 3.27.